The molecular weight excluding hydrogens is 394 g/mol. The van der Waals surface area contributed by atoms with Gasteiger partial charge in [0.25, 0.3) is 0 Å². The molecule has 2 aliphatic heterocycles. The summed E-state index contributed by atoms with van der Waals surface area (Å²) in [5.41, 5.74) is 6.28. The molecule has 9 heteroatoms. The lowest BCUT2D eigenvalue weighted by molar-refractivity contribution is -0.314. The van der Waals surface area contributed by atoms with Crippen LogP contribution in [0, 0.1) is 11.8 Å². The van der Waals surface area contributed by atoms with Gasteiger partial charge >= 0.3 is 0 Å². The highest BCUT2D eigenvalue weighted by molar-refractivity contribution is 4.96. The maximum absolute atomic E-state index is 11.1. The van der Waals surface area contributed by atoms with Gasteiger partial charge in [0.05, 0.1) is 24.9 Å². The molecule has 0 spiro atoms. The zero-order valence-corrected chi connectivity index (χ0v) is 18.2. The lowest BCUT2D eigenvalue weighted by atomic mass is 9.80. The normalized spacial score (nSPS) is 50.4. The summed E-state index contributed by atoms with van der Waals surface area (Å²) in [5, 5.41) is 40.6. The molecule has 0 aromatic heterocycles. The van der Waals surface area contributed by atoms with Crippen molar-refractivity contribution in [3.05, 3.63) is 0 Å². The summed E-state index contributed by atoms with van der Waals surface area (Å²) in [4.78, 5) is 0. The summed E-state index contributed by atoms with van der Waals surface area (Å²) < 4.78 is 23.8. The third kappa shape index (κ3) is 5.33. The molecule has 1 saturated carbocycles. The average Bonchev–Trinajstić information content (AvgIpc) is 2.71. The Balaban J connectivity index is 1.67. The molecule has 0 radical (unpaired) electrons. The lowest BCUT2D eigenvalue weighted by Crippen LogP contribution is -2.61. The van der Waals surface area contributed by atoms with Gasteiger partial charge in [0.2, 0.25) is 0 Å². The van der Waals surface area contributed by atoms with Crippen LogP contribution in [0.1, 0.15) is 52.9 Å². The minimum absolute atomic E-state index is 0.00290. The van der Waals surface area contributed by atoms with E-state index in [1.54, 1.807) is 0 Å². The third-order valence-corrected chi connectivity index (χ3v) is 6.79. The predicted molar refractivity (Wildman–Crippen MR) is 107 cm³/mol. The Morgan fingerprint density at radius 1 is 0.900 bits per heavy atom. The highest BCUT2D eigenvalue weighted by Crippen LogP contribution is 2.35. The van der Waals surface area contributed by atoms with Crippen molar-refractivity contribution in [3.63, 3.8) is 0 Å². The van der Waals surface area contributed by atoms with Crippen molar-refractivity contribution in [3.8, 4) is 0 Å². The van der Waals surface area contributed by atoms with Crippen LogP contribution in [-0.2, 0) is 18.9 Å². The number of rotatable bonds is 6. The van der Waals surface area contributed by atoms with E-state index in [9.17, 15) is 20.4 Å². The molecule has 30 heavy (non-hydrogen) atoms. The monoisotopic (exact) mass is 433 g/mol. The van der Waals surface area contributed by atoms with E-state index >= 15 is 0 Å². The SMILES string of the molecule is CCC1CCC(C)C(OC2C(C)CC(N)C(OC3OC(CO)C(O)CC3O)C2O)O1. The van der Waals surface area contributed by atoms with Gasteiger partial charge in [-0.15, -0.1) is 0 Å². The fourth-order valence-corrected chi connectivity index (χ4v) is 4.77. The van der Waals surface area contributed by atoms with Gasteiger partial charge in [-0.1, -0.05) is 20.8 Å². The molecule has 176 valence electrons. The largest absolute Gasteiger partial charge is 0.394 e. The van der Waals surface area contributed by atoms with Crippen molar-refractivity contribution in [2.45, 2.75) is 114 Å². The van der Waals surface area contributed by atoms with Crippen LogP contribution in [-0.4, -0.2) is 88.4 Å². The van der Waals surface area contributed by atoms with Gasteiger partial charge in [0.1, 0.15) is 24.4 Å². The van der Waals surface area contributed by atoms with E-state index in [0.717, 1.165) is 19.3 Å². The van der Waals surface area contributed by atoms with E-state index in [1.165, 1.54) is 0 Å². The molecule has 12 atom stereocenters. The second-order valence-electron chi connectivity index (χ2n) is 9.25. The maximum Gasteiger partial charge on any atom is 0.184 e. The molecule has 0 amide bonds. The fraction of sp³-hybridized carbons (Fsp3) is 1.00. The summed E-state index contributed by atoms with van der Waals surface area (Å²) in [5.74, 6) is 0.217. The van der Waals surface area contributed by atoms with E-state index in [1.807, 2.05) is 6.92 Å². The lowest BCUT2D eigenvalue weighted by Gasteiger charge is -2.47. The van der Waals surface area contributed by atoms with Gasteiger partial charge in [-0.25, -0.2) is 0 Å². The highest BCUT2D eigenvalue weighted by atomic mass is 16.7. The quantitative estimate of drug-likeness (QED) is 0.387. The second kappa shape index (κ2) is 10.5. The molecule has 3 fully saturated rings. The Labute approximate surface area is 178 Å². The van der Waals surface area contributed by atoms with Crippen LogP contribution in [0.5, 0.6) is 0 Å². The molecule has 3 rings (SSSR count). The third-order valence-electron chi connectivity index (χ3n) is 6.79. The Morgan fingerprint density at radius 2 is 1.60 bits per heavy atom. The molecule has 0 aromatic carbocycles. The van der Waals surface area contributed by atoms with E-state index in [4.69, 9.17) is 24.7 Å². The topological polar surface area (TPSA) is 144 Å². The smallest absolute Gasteiger partial charge is 0.184 e. The predicted octanol–water partition coefficient (Wildman–Crippen LogP) is -0.135. The summed E-state index contributed by atoms with van der Waals surface area (Å²) >= 11 is 0. The number of hydrogen-bond donors (Lipinski definition) is 5. The first-order valence-electron chi connectivity index (χ1n) is 11.3. The molecule has 6 N–H and O–H groups in total. The molecule has 12 unspecified atom stereocenters. The van der Waals surface area contributed by atoms with Crippen molar-refractivity contribution < 1.29 is 39.4 Å². The number of hydrogen-bond acceptors (Lipinski definition) is 9. The van der Waals surface area contributed by atoms with Gasteiger partial charge in [-0.3, -0.25) is 0 Å². The summed E-state index contributed by atoms with van der Waals surface area (Å²) in [6.45, 7) is 5.76. The highest BCUT2D eigenvalue weighted by Gasteiger charge is 2.47. The molecule has 3 aliphatic rings. The number of nitrogens with two attached hydrogens (primary N) is 1. The number of aliphatic hydroxyl groups excluding tert-OH is 4. The minimum Gasteiger partial charge on any atom is -0.394 e. The van der Waals surface area contributed by atoms with E-state index in [0.29, 0.717) is 6.42 Å². The Bertz CT molecular complexity index is 539. The first kappa shape index (κ1) is 24.3. The van der Waals surface area contributed by atoms with Crippen LogP contribution < -0.4 is 5.73 Å². The standard InChI is InChI=1S/C21H39NO8/c1-4-12-6-5-10(2)20(27-12)29-18-11(3)7-13(22)19(17(18)26)30-21-15(25)8-14(24)16(9-23)28-21/h10-21,23-26H,4-9,22H2,1-3H3. The van der Waals surface area contributed by atoms with E-state index < -0.39 is 61.9 Å². The van der Waals surface area contributed by atoms with Crippen molar-refractivity contribution in [2.75, 3.05) is 6.61 Å². The average molecular weight is 434 g/mol. The Kier molecular flexibility index (Phi) is 8.50. The molecule has 0 aromatic rings. The number of aliphatic hydroxyl groups is 4. The van der Waals surface area contributed by atoms with Crippen LogP contribution in [0.3, 0.4) is 0 Å². The van der Waals surface area contributed by atoms with Crippen molar-refractivity contribution in [1.29, 1.82) is 0 Å². The number of ether oxygens (including phenoxy) is 4. The first-order valence-corrected chi connectivity index (χ1v) is 11.3. The summed E-state index contributed by atoms with van der Waals surface area (Å²) in [6, 6.07) is -0.474. The van der Waals surface area contributed by atoms with Crippen molar-refractivity contribution in [1.82, 2.24) is 0 Å². The van der Waals surface area contributed by atoms with Gasteiger partial charge < -0.3 is 45.1 Å². The van der Waals surface area contributed by atoms with E-state index in [2.05, 4.69) is 13.8 Å². The molecular formula is C21H39NO8. The zero-order valence-electron chi connectivity index (χ0n) is 18.2. The molecule has 0 bridgehead atoms. The molecule has 2 saturated heterocycles. The van der Waals surface area contributed by atoms with Gasteiger partial charge in [-0.05, 0) is 31.6 Å². The zero-order chi connectivity index (χ0) is 22.0. The summed E-state index contributed by atoms with van der Waals surface area (Å²) in [7, 11) is 0. The van der Waals surface area contributed by atoms with E-state index in [-0.39, 0.29) is 24.4 Å². The minimum atomic E-state index is -1.10. The second-order valence-corrected chi connectivity index (χ2v) is 9.25. The van der Waals surface area contributed by atoms with Crippen LogP contribution in [0.4, 0.5) is 0 Å². The fourth-order valence-electron chi connectivity index (χ4n) is 4.77. The molecule has 9 nitrogen and oxygen atoms in total. The first-order chi connectivity index (χ1) is 14.2. The van der Waals surface area contributed by atoms with Gasteiger partial charge in [0.15, 0.2) is 12.6 Å². The molecule has 1 aliphatic carbocycles. The van der Waals surface area contributed by atoms with Crippen LogP contribution in [0.15, 0.2) is 0 Å². The van der Waals surface area contributed by atoms with Gasteiger partial charge in [0, 0.05) is 18.4 Å². The summed E-state index contributed by atoms with van der Waals surface area (Å²) in [6.07, 6.45) is -3.14. The van der Waals surface area contributed by atoms with Crippen LogP contribution >= 0.6 is 0 Å². The van der Waals surface area contributed by atoms with Crippen molar-refractivity contribution in [2.24, 2.45) is 17.6 Å². The Hall–Kier alpha value is -0.360. The molecule has 2 heterocycles. The van der Waals surface area contributed by atoms with Crippen molar-refractivity contribution >= 4 is 0 Å². The van der Waals surface area contributed by atoms with Crippen LogP contribution in [0.25, 0.3) is 0 Å². The Morgan fingerprint density at radius 3 is 2.27 bits per heavy atom. The maximum atomic E-state index is 11.1. The van der Waals surface area contributed by atoms with Gasteiger partial charge in [-0.2, -0.15) is 0 Å². The van der Waals surface area contributed by atoms with Crippen LogP contribution in [0.2, 0.25) is 0 Å².